The minimum atomic E-state index is -0.672. The van der Waals surface area contributed by atoms with Gasteiger partial charge in [0.15, 0.2) is 0 Å². The molecule has 0 aliphatic heterocycles. The van der Waals surface area contributed by atoms with Gasteiger partial charge < -0.3 is 15.8 Å². The van der Waals surface area contributed by atoms with Crippen LogP contribution in [-0.4, -0.2) is 24.0 Å². The van der Waals surface area contributed by atoms with Crippen LogP contribution < -0.4 is 11.1 Å². The molecule has 0 saturated carbocycles. The Hall–Kier alpha value is -1.88. The van der Waals surface area contributed by atoms with Gasteiger partial charge in [-0.2, -0.15) is 0 Å². The van der Waals surface area contributed by atoms with Gasteiger partial charge in [0.25, 0.3) is 0 Å². The van der Waals surface area contributed by atoms with Crippen LogP contribution in [0.15, 0.2) is 24.3 Å². The van der Waals surface area contributed by atoms with Crippen molar-refractivity contribution in [1.82, 2.24) is 0 Å². The highest BCUT2D eigenvalue weighted by Crippen LogP contribution is 2.11. The number of ether oxygens (including phenoxy) is 1. The Balaban J connectivity index is 2.57. The lowest BCUT2D eigenvalue weighted by Gasteiger charge is -2.14. The summed E-state index contributed by atoms with van der Waals surface area (Å²) in [5, 5.41) is 2.67. The zero-order chi connectivity index (χ0) is 14.4. The van der Waals surface area contributed by atoms with Crippen molar-refractivity contribution in [3.8, 4) is 0 Å². The van der Waals surface area contributed by atoms with Gasteiger partial charge in [0.1, 0.15) is 6.04 Å². The van der Waals surface area contributed by atoms with Crippen LogP contribution in [0.1, 0.15) is 26.3 Å². The maximum Gasteiger partial charge on any atom is 0.323 e. The molecule has 1 aromatic rings. The molecular weight excluding hydrogens is 244 g/mol. The van der Waals surface area contributed by atoms with Crippen molar-refractivity contribution in [2.45, 2.75) is 39.3 Å². The third-order valence-corrected chi connectivity index (χ3v) is 2.38. The van der Waals surface area contributed by atoms with Crippen molar-refractivity contribution >= 4 is 17.6 Å². The molecule has 0 aromatic heterocycles. The third-order valence-electron chi connectivity index (χ3n) is 2.38. The van der Waals surface area contributed by atoms with Crippen LogP contribution in [0.5, 0.6) is 0 Å². The second kappa shape index (κ2) is 6.89. The lowest BCUT2D eigenvalue weighted by molar-refractivity contribution is -0.148. The predicted molar refractivity (Wildman–Crippen MR) is 73.7 cm³/mol. The van der Waals surface area contributed by atoms with Gasteiger partial charge in [0.2, 0.25) is 5.91 Å². The highest BCUT2D eigenvalue weighted by Gasteiger charge is 2.16. The summed E-state index contributed by atoms with van der Waals surface area (Å²) < 4.78 is 5.04. The Morgan fingerprint density at radius 1 is 1.26 bits per heavy atom. The first-order valence-corrected chi connectivity index (χ1v) is 6.21. The maximum absolute atomic E-state index is 11.6. The first-order chi connectivity index (χ1) is 8.88. The third kappa shape index (κ3) is 5.52. The molecule has 5 heteroatoms. The van der Waals surface area contributed by atoms with E-state index in [0.717, 1.165) is 11.3 Å². The van der Waals surface area contributed by atoms with E-state index in [2.05, 4.69) is 5.32 Å². The molecule has 1 aromatic carbocycles. The molecule has 19 heavy (non-hydrogen) atoms. The number of amides is 1. The average Bonchev–Trinajstić information content (AvgIpc) is 2.30. The number of carbonyl (C=O) groups excluding carboxylic acids is 2. The van der Waals surface area contributed by atoms with Crippen molar-refractivity contribution in [3.05, 3.63) is 29.8 Å². The molecule has 0 unspecified atom stereocenters. The van der Waals surface area contributed by atoms with Gasteiger partial charge in [0, 0.05) is 12.6 Å². The minimum Gasteiger partial charge on any atom is -0.462 e. The van der Waals surface area contributed by atoms with Crippen LogP contribution >= 0.6 is 0 Å². The van der Waals surface area contributed by atoms with Gasteiger partial charge in [-0.05, 0) is 38.0 Å². The van der Waals surface area contributed by atoms with Gasteiger partial charge >= 0.3 is 5.97 Å². The molecule has 0 heterocycles. The van der Waals surface area contributed by atoms with Gasteiger partial charge in [-0.15, -0.1) is 0 Å². The highest BCUT2D eigenvalue weighted by molar-refractivity contribution is 5.88. The standard InChI is InChI=1S/C14H20N2O3/c1-9(2)19-14(18)13(15)8-11-4-6-12(7-5-11)16-10(3)17/h4-7,9,13H,8,15H2,1-3H3,(H,16,17)/t13-/m0/s1. The molecule has 1 atom stereocenters. The topological polar surface area (TPSA) is 81.4 Å². The molecule has 0 spiro atoms. The number of rotatable bonds is 5. The van der Waals surface area contributed by atoms with Crippen molar-refractivity contribution in [2.24, 2.45) is 5.73 Å². The average molecular weight is 264 g/mol. The number of hydrogen-bond acceptors (Lipinski definition) is 4. The fourth-order valence-corrected chi connectivity index (χ4v) is 1.58. The molecule has 3 N–H and O–H groups in total. The summed E-state index contributed by atoms with van der Waals surface area (Å²) in [6, 6.07) is 6.53. The Bertz CT molecular complexity index is 441. The molecule has 0 saturated heterocycles. The Morgan fingerprint density at radius 2 is 1.84 bits per heavy atom. The van der Waals surface area contributed by atoms with E-state index in [1.165, 1.54) is 6.92 Å². The number of esters is 1. The van der Waals surface area contributed by atoms with Crippen LogP contribution in [0.25, 0.3) is 0 Å². The molecular formula is C14H20N2O3. The number of nitrogens with two attached hydrogens (primary N) is 1. The molecule has 5 nitrogen and oxygen atoms in total. The van der Waals surface area contributed by atoms with Crippen LogP contribution in [-0.2, 0) is 20.7 Å². The van der Waals surface area contributed by atoms with E-state index in [9.17, 15) is 9.59 Å². The Labute approximate surface area is 113 Å². The highest BCUT2D eigenvalue weighted by atomic mass is 16.5. The summed E-state index contributed by atoms with van der Waals surface area (Å²) in [4.78, 5) is 22.4. The van der Waals surface area contributed by atoms with E-state index in [-0.39, 0.29) is 12.0 Å². The van der Waals surface area contributed by atoms with Crippen LogP contribution in [0, 0.1) is 0 Å². The lowest BCUT2D eigenvalue weighted by atomic mass is 10.1. The SMILES string of the molecule is CC(=O)Nc1ccc(C[C@H](N)C(=O)OC(C)C)cc1. The summed E-state index contributed by atoms with van der Waals surface area (Å²) in [5.74, 6) is -0.522. The quantitative estimate of drug-likeness (QED) is 0.789. The number of carbonyl (C=O) groups is 2. The molecule has 0 radical (unpaired) electrons. The number of anilines is 1. The van der Waals surface area contributed by atoms with Crippen molar-refractivity contribution < 1.29 is 14.3 Å². The van der Waals surface area contributed by atoms with E-state index in [0.29, 0.717) is 6.42 Å². The second-order valence-corrected chi connectivity index (χ2v) is 4.67. The predicted octanol–water partition coefficient (Wildman–Crippen LogP) is 1.47. The summed E-state index contributed by atoms with van der Waals surface area (Å²) in [6.07, 6.45) is 0.243. The normalized spacial score (nSPS) is 12.1. The minimum absolute atomic E-state index is 0.120. The molecule has 0 bridgehead atoms. The monoisotopic (exact) mass is 264 g/mol. The molecule has 0 aliphatic rings. The molecule has 104 valence electrons. The Kier molecular flexibility index (Phi) is 5.51. The van der Waals surface area contributed by atoms with Gasteiger partial charge in [-0.25, -0.2) is 0 Å². The lowest BCUT2D eigenvalue weighted by Crippen LogP contribution is -2.35. The largest absolute Gasteiger partial charge is 0.462 e. The Morgan fingerprint density at radius 3 is 2.32 bits per heavy atom. The van der Waals surface area contributed by atoms with Crippen LogP contribution in [0.2, 0.25) is 0 Å². The second-order valence-electron chi connectivity index (χ2n) is 4.67. The van der Waals surface area contributed by atoms with Crippen LogP contribution in [0.3, 0.4) is 0 Å². The molecule has 1 rings (SSSR count). The van der Waals surface area contributed by atoms with Crippen molar-refractivity contribution in [1.29, 1.82) is 0 Å². The number of benzene rings is 1. The summed E-state index contributed by atoms with van der Waals surface area (Å²) in [5.41, 5.74) is 7.41. The van der Waals surface area contributed by atoms with Gasteiger partial charge in [-0.3, -0.25) is 9.59 Å². The zero-order valence-electron chi connectivity index (χ0n) is 11.5. The van der Waals surface area contributed by atoms with E-state index in [1.807, 2.05) is 12.1 Å². The first kappa shape index (κ1) is 15.2. The molecule has 1 amide bonds. The first-order valence-electron chi connectivity index (χ1n) is 6.21. The number of hydrogen-bond donors (Lipinski definition) is 2. The van der Waals surface area contributed by atoms with Crippen molar-refractivity contribution in [3.63, 3.8) is 0 Å². The van der Waals surface area contributed by atoms with Gasteiger partial charge in [-0.1, -0.05) is 12.1 Å². The van der Waals surface area contributed by atoms with E-state index in [4.69, 9.17) is 10.5 Å². The molecule has 0 fully saturated rings. The van der Waals surface area contributed by atoms with Crippen molar-refractivity contribution in [2.75, 3.05) is 5.32 Å². The summed E-state index contributed by atoms with van der Waals surface area (Å²) in [7, 11) is 0. The summed E-state index contributed by atoms with van der Waals surface area (Å²) >= 11 is 0. The molecule has 0 aliphatic carbocycles. The fourth-order valence-electron chi connectivity index (χ4n) is 1.58. The van der Waals surface area contributed by atoms with Gasteiger partial charge in [0.05, 0.1) is 6.10 Å². The van der Waals surface area contributed by atoms with E-state index in [1.54, 1.807) is 26.0 Å². The van der Waals surface area contributed by atoms with Crippen LogP contribution in [0.4, 0.5) is 5.69 Å². The fraction of sp³-hybridized carbons (Fsp3) is 0.429. The zero-order valence-corrected chi connectivity index (χ0v) is 11.5. The van der Waals surface area contributed by atoms with E-state index >= 15 is 0 Å². The maximum atomic E-state index is 11.6. The van der Waals surface area contributed by atoms with E-state index < -0.39 is 12.0 Å². The number of nitrogens with one attached hydrogen (secondary N) is 1. The smallest absolute Gasteiger partial charge is 0.323 e. The summed E-state index contributed by atoms with van der Waals surface area (Å²) in [6.45, 7) is 5.02.